The van der Waals surface area contributed by atoms with E-state index in [-0.39, 0.29) is 23.5 Å². The van der Waals surface area contributed by atoms with Crippen LogP contribution in [0.15, 0.2) is 88.7 Å². The standard InChI is InChI=1S/C25H23N3O3/c1-16(17-7-4-3-5-8-17)27-21(18-11-13-26-14-12-18)19-9-6-10-20(15-19)28-22-23(29)24(30)25(22)31-2/h3-16,21,27-28H,1-2H3/t16-,21?/m0/s1. The highest BCUT2D eigenvalue weighted by Crippen LogP contribution is 2.29. The molecule has 156 valence electrons. The van der Waals surface area contributed by atoms with Gasteiger partial charge in [-0.3, -0.25) is 19.9 Å². The number of anilines is 2. The van der Waals surface area contributed by atoms with Crippen molar-refractivity contribution in [3.63, 3.8) is 0 Å². The first-order valence-corrected chi connectivity index (χ1v) is 10.0. The van der Waals surface area contributed by atoms with Gasteiger partial charge in [0.05, 0.1) is 13.2 Å². The molecule has 0 aliphatic heterocycles. The van der Waals surface area contributed by atoms with Crippen LogP contribution in [0.5, 0.6) is 5.75 Å². The van der Waals surface area contributed by atoms with Gasteiger partial charge < -0.3 is 10.1 Å². The molecular weight excluding hydrogens is 390 g/mol. The molecule has 0 aliphatic rings. The summed E-state index contributed by atoms with van der Waals surface area (Å²) in [4.78, 5) is 27.7. The summed E-state index contributed by atoms with van der Waals surface area (Å²) in [5, 5.41) is 6.73. The van der Waals surface area contributed by atoms with Crippen LogP contribution in [-0.4, -0.2) is 12.1 Å². The zero-order valence-corrected chi connectivity index (χ0v) is 17.3. The Morgan fingerprint density at radius 1 is 0.839 bits per heavy atom. The Hall–Kier alpha value is -3.77. The van der Waals surface area contributed by atoms with Crippen LogP contribution in [0.1, 0.15) is 35.7 Å². The van der Waals surface area contributed by atoms with Crippen molar-refractivity contribution in [2.24, 2.45) is 0 Å². The summed E-state index contributed by atoms with van der Waals surface area (Å²) in [6.45, 7) is 2.12. The summed E-state index contributed by atoms with van der Waals surface area (Å²) in [6.07, 6.45) is 3.54. The average Bonchev–Trinajstić information content (AvgIpc) is 2.83. The van der Waals surface area contributed by atoms with Crippen LogP contribution in [0, 0.1) is 0 Å². The van der Waals surface area contributed by atoms with Crippen LogP contribution in [0.25, 0.3) is 0 Å². The van der Waals surface area contributed by atoms with Crippen LogP contribution < -0.4 is 26.2 Å². The molecule has 3 aromatic carbocycles. The van der Waals surface area contributed by atoms with Crippen LogP contribution in [0.2, 0.25) is 0 Å². The van der Waals surface area contributed by atoms with Crippen molar-refractivity contribution in [2.45, 2.75) is 19.0 Å². The molecule has 2 N–H and O–H groups in total. The Balaban J connectivity index is 1.65. The van der Waals surface area contributed by atoms with E-state index in [1.807, 2.05) is 54.6 Å². The Kier molecular flexibility index (Phi) is 5.91. The number of nitrogens with zero attached hydrogens (tertiary/aromatic N) is 1. The van der Waals surface area contributed by atoms with Crippen molar-refractivity contribution in [1.29, 1.82) is 0 Å². The Bertz CT molecular complexity index is 1230. The molecule has 2 atom stereocenters. The summed E-state index contributed by atoms with van der Waals surface area (Å²) in [5.74, 6) is 0.0666. The van der Waals surface area contributed by atoms with Gasteiger partial charge in [0.15, 0.2) is 5.75 Å². The zero-order chi connectivity index (χ0) is 21.8. The molecule has 0 bridgehead atoms. The third-order valence-corrected chi connectivity index (χ3v) is 5.32. The second-order valence-electron chi connectivity index (χ2n) is 7.33. The highest BCUT2D eigenvalue weighted by Gasteiger charge is 2.23. The minimum Gasteiger partial charge on any atom is -0.491 e. The molecule has 6 heteroatoms. The molecule has 0 amide bonds. The molecule has 0 saturated carbocycles. The van der Waals surface area contributed by atoms with E-state index in [9.17, 15) is 9.59 Å². The van der Waals surface area contributed by atoms with Crippen LogP contribution in [0.3, 0.4) is 0 Å². The molecule has 4 rings (SSSR count). The summed E-state index contributed by atoms with van der Waals surface area (Å²) in [5.41, 5.74) is 2.99. The second-order valence-corrected chi connectivity index (χ2v) is 7.33. The van der Waals surface area contributed by atoms with E-state index >= 15 is 0 Å². The van der Waals surface area contributed by atoms with E-state index in [4.69, 9.17) is 4.74 Å². The number of aromatic nitrogens is 1. The van der Waals surface area contributed by atoms with E-state index < -0.39 is 10.9 Å². The first kappa shape index (κ1) is 20.5. The van der Waals surface area contributed by atoms with Crippen LogP contribution >= 0.6 is 0 Å². The highest BCUT2D eigenvalue weighted by atomic mass is 16.5. The molecule has 1 aromatic heterocycles. The summed E-state index contributed by atoms with van der Waals surface area (Å²) in [6, 6.07) is 22.0. The Labute approximate surface area is 180 Å². The van der Waals surface area contributed by atoms with Crippen molar-refractivity contribution in [2.75, 3.05) is 12.4 Å². The van der Waals surface area contributed by atoms with E-state index in [0.29, 0.717) is 5.69 Å². The first-order valence-electron chi connectivity index (χ1n) is 10.0. The van der Waals surface area contributed by atoms with Crippen molar-refractivity contribution in [3.8, 4) is 5.75 Å². The van der Waals surface area contributed by atoms with Gasteiger partial charge in [-0.15, -0.1) is 0 Å². The van der Waals surface area contributed by atoms with Gasteiger partial charge >= 0.3 is 0 Å². The van der Waals surface area contributed by atoms with Crippen molar-refractivity contribution in [3.05, 3.63) is 116 Å². The number of methoxy groups -OCH3 is 1. The number of benzene rings is 2. The number of pyridine rings is 1. The maximum absolute atomic E-state index is 11.9. The lowest BCUT2D eigenvalue weighted by molar-refractivity contribution is 0.408. The number of hydrogen-bond donors (Lipinski definition) is 2. The average molecular weight is 413 g/mol. The van der Waals surface area contributed by atoms with Gasteiger partial charge in [0.25, 0.3) is 10.9 Å². The number of rotatable bonds is 8. The fraction of sp³-hybridized carbons (Fsp3) is 0.160. The molecule has 4 aromatic rings. The van der Waals surface area contributed by atoms with Gasteiger partial charge in [0, 0.05) is 24.1 Å². The molecule has 0 radical (unpaired) electrons. The van der Waals surface area contributed by atoms with Gasteiger partial charge in [-0.1, -0.05) is 42.5 Å². The number of nitrogens with one attached hydrogen (secondary N) is 2. The van der Waals surface area contributed by atoms with Gasteiger partial charge in [-0.25, -0.2) is 0 Å². The molecule has 0 aliphatic carbocycles. The van der Waals surface area contributed by atoms with Crippen molar-refractivity contribution in [1.82, 2.24) is 10.3 Å². The van der Waals surface area contributed by atoms with Crippen molar-refractivity contribution >= 4 is 11.4 Å². The molecule has 1 heterocycles. The molecule has 6 nitrogen and oxygen atoms in total. The fourth-order valence-electron chi connectivity index (χ4n) is 3.65. The minimum atomic E-state index is -0.603. The molecule has 0 fully saturated rings. The maximum atomic E-state index is 11.9. The predicted octanol–water partition coefficient (Wildman–Crippen LogP) is 3.87. The number of hydrogen-bond acceptors (Lipinski definition) is 6. The Morgan fingerprint density at radius 3 is 2.26 bits per heavy atom. The molecule has 1 unspecified atom stereocenters. The molecule has 0 saturated heterocycles. The summed E-state index contributed by atoms with van der Waals surface area (Å²) in [7, 11) is 1.38. The van der Waals surface area contributed by atoms with E-state index in [1.165, 1.54) is 12.7 Å². The monoisotopic (exact) mass is 413 g/mol. The Morgan fingerprint density at radius 2 is 1.55 bits per heavy atom. The third kappa shape index (κ3) is 4.25. The minimum absolute atomic E-state index is 0.0666. The lowest BCUT2D eigenvalue weighted by Gasteiger charge is -2.25. The zero-order valence-electron chi connectivity index (χ0n) is 17.3. The van der Waals surface area contributed by atoms with E-state index in [0.717, 1.165) is 11.1 Å². The predicted molar refractivity (Wildman–Crippen MR) is 122 cm³/mol. The molecule has 31 heavy (non-hydrogen) atoms. The largest absolute Gasteiger partial charge is 0.491 e. The topological polar surface area (TPSA) is 80.3 Å². The SMILES string of the molecule is COc1c(Nc2cccc(C(N[C@@H](C)c3ccccc3)c3ccncc3)c2)c(=O)c1=O. The second kappa shape index (κ2) is 8.93. The van der Waals surface area contributed by atoms with Gasteiger partial charge in [-0.05, 0) is 47.9 Å². The molecule has 0 spiro atoms. The van der Waals surface area contributed by atoms with Crippen LogP contribution in [-0.2, 0) is 0 Å². The summed E-state index contributed by atoms with van der Waals surface area (Å²) >= 11 is 0. The lowest BCUT2D eigenvalue weighted by Crippen LogP contribution is -2.34. The smallest absolute Gasteiger partial charge is 0.272 e. The van der Waals surface area contributed by atoms with Gasteiger partial charge in [0.2, 0.25) is 0 Å². The number of ether oxygens (including phenoxy) is 1. The summed E-state index contributed by atoms with van der Waals surface area (Å²) < 4.78 is 5.03. The molecular formula is C25H23N3O3. The van der Waals surface area contributed by atoms with E-state index in [2.05, 4.69) is 34.7 Å². The first-order chi connectivity index (χ1) is 15.1. The van der Waals surface area contributed by atoms with Crippen LogP contribution in [0.4, 0.5) is 11.4 Å². The normalized spacial score (nSPS) is 13.0. The fourth-order valence-corrected chi connectivity index (χ4v) is 3.65. The van der Waals surface area contributed by atoms with E-state index in [1.54, 1.807) is 12.4 Å². The van der Waals surface area contributed by atoms with Gasteiger partial charge in [-0.2, -0.15) is 0 Å². The van der Waals surface area contributed by atoms with Crippen molar-refractivity contribution < 1.29 is 4.74 Å². The quantitative estimate of drug-likeness (QED) is 0.427. The lowest BCUT2D eigenvalue weighted by atomic mass is 9.97. The van der Waals surface area contributed by atoms with Gasteiger partial charge in [0.1, 0.15) is 5.69 Å². The third-order valence-electron chi connectivity index (χ3n) is 5.32. The highest BCUT2D eigenvalue weighted by molar-refractivity contribution is 5.70. The maximum Gasteiger partial charge on any atom is 0.272 e.